The van der Waals surface area contributed by atoms with E-state index in [-0.39, 0.29) is 16.9 Å². The molecule has 7 heteroatoms. The summed E-state index contributed by atoms with van der Waals surface area (Å²) < 4.78 is 37.4. The minimum Gasteiger partial charge on any atom is -0.495 e. The monoisotopic (exact) mass is 300 g/mol. The minimum absolute atomic E-state index is 0.0821. The number of hydrogen-bond donors (Lipinski definition) is 2. The van der Waals surface area contributed by atoms with Crippen LogP contribution >= 0.6 is 0 Å². The van der Waals surface area contributed by atoms with E-state index in [2.05, 4.69) is 4.72 Å². The lowest BCUT2D eigenvalue weighted by Gasteiger charge is -2.15. The maximum Gasteiger partial charge on any atom is 0.240 e. The maximum absolute atomic E-state index is 12.2. The summed E-state index contributed by atoms with van der Waals surface area (Å²) >= 11 is 0. The van der Waals surface area contributed by atoms with Crippen molar-refractivity contribution in [1.82, 2.24) is 4.72 Å². The molecule has 0 bridgehead atoms. The Morgan fingerprint density at radius 1 is 1.50 bits per heavy atom. The van der Waals surface area contributed by atoms with E-state index in [1.54, 1.807) is 6.07 Å². The Morgan fingerprint density at radius 2 is 2.25 bits per heavy atom. The van der Waals surface area contributed by atoms with Gasteiger partial charge in [-0.25, -0.2) is 13.1 Å². The molecule has 1 saturated heterocycles. The number of rotatable bonds is 5. The minimum atomic E-state index is -3.56. The third-order valence-corrected chi connectivity index (χ3v) is 5.00. The first-order valence-corrected chi connectivity index (χ1v) is 7.97. The van der Waals surface area contributed by atoms with Crippen molar-refractivity contribution in [3.8, 4) is 5.75 Å². The van der Waals surface area contributed by atoms with Crippen LogP contribution in [-0.4, -0.2) is 34.8 Å². The number of methoxy groups -OCH3 is 1. The number of anilines is 1. The molecule has 1 fully saturated rings. The fourth-order valence-corrected chi connectivity index (χ4v) is 3.35. The Labute approximate surface area is 119 Å². The van der Waals surface area contributed by atoms with Crippen LogP contribution in [0.3, 0.4) is 0 Å². The van der Waals surface area contributed by atoms with Crippen LogP contribution in [0.15, 0.2) is 23.1 Å². The number of nitrogen functional groups attached to an aromatic ring is 1. The maximum atomic E-state index is 12.2. The zero-order chi connectivity index (χ0) is 14.8. The highest BCUT2D eigenvalue weighted by atomic mass is 32.2. The number of ether oxygens (including phenoxy) is 2. The first-order chi connectivity index (χ1) is 9.44. The van der Waals surface area contributed by atoms with Gasteiger partial charge in [0.05, 0.1) is 23.8 Å². The molecule has 2 atom stereocenters. The van der Waals surface area contributed by atoms with Crippen molar-refractivity contribution in [3.05, 3.63) is 18.2 Å². The number of sulfonamides is 1. The summed E-state index contributed by atoms with van der Waals surface area (Å²) in [5.74, 6) is 0.669. The summed E-state index contributed by atoms with van der Waals surface area (Å²) in [7, 11) is -2.07. The molecule has 1 aliphatic rings. The Morgan fingerprint density at radius 3 is 2.80 bits per heavy atom. The predicted molar refractivity (Wildman–Crippen MR) is 76.1 cm³/mol. The summed E-state index contributed by atoms with van der Waals surface area (Å²) in [6.07, 6.45) is 0.952. The molecule has 3 N–H and O–H groups in total. The topological polar surface area (TPSA) is 90.7 Å². The van der Waals surface area contributed by atoms with Crippen molar-refractivity contribution < 1.29 is 17.9 Å². The average Bonchev–Trinajstić information content (AvgIpc) is 2.82. The fraction of sp³-hybridized carbons (Fsp3) is 0.538. The second kappa shape index (κ2) is 5.99. The number of hydrogen-bond acceptors (Lipinski definition) is 5. The van der Waals surface area contributed by atoms with E-state index in [0.29, 0.717) is 24.6 Å². The van der Waals surface area contributed by atoms with Crippen molar-refractivity contribution in [2.45, 2.75) is 24.3 Å². The van der Waals surface area contributed by atoms with Gasteiger partial charge in [-0.1, -0.05) is 0 Å². The lowest BCUT2D eigenvalue weighted by molar-refractivity contribution is 0.107. The zero-order valence-corrected chi connectivity index (χ0v) is 12.4. The smallest absolute Gasteiger partial charge is 0.240 e. The number of nitrogens with one attached hydrogen (secondary N) is 1. The molecule has 1 aliphatic heterocycles. The normalized spacial score (nSPS) is 22.9. The van der Waals surface area contributed by atoms with Gasteiger partial charge in [0.1, 0.15) is 5.75 Å². The Balaban J connectivity index is 2.08. The van der Waals surface area contributed by atoms with Crippen molar-refractivity contribution in [2.75, 3.05) is 26.0 Å². The van der Waals surface area contributed by atoms with Gasteiger partial charge in [-0.05, 0) is 31.5 Å². The van der Waals surface area contributed by atoms with Crippen LogP contribution < -0.4 is 15.2 Å². The fourth-order valence-electron chi connectivity index (χ4n) is 2.22. The lowest BCUT2D eigenvalue weighted by atomic mass is 10.0. The lowest BCUT2D eigenvalue weighted by Crippen LogP contribution is -2.32. The van der Waals surface area contributed by atoms with Crippen LogP contribution in [0.2, 0.25) is 0 Å². The summed E-state index contributed by atoms with van der Waals surface area (Å²) in [5, 5.41) is 0. The van der Waals surface area contributed by atoms with Gasteiger partial charge >= 0.3 is 0 Å². The Bertz CT molecular complexity index is 574. The summed E-state index contributed by atoms with van der Waals surface area (Å²) in [6, 6.07) is 4.42. The standard InChI is InChI=1S/C13H20N2O4S/c1-9-10(5-6-19-9)8-15-20(16,17)11-3-4-13(18-2)12(14)7-11/h3-4,7,9-10,15H,5-6,8,14H2,1-2H3. The summed E-state index contributed by atoms with van der Waals surface area (Å²) in [5.41, 5.74) is 6.03. The highest BCUT2D eigenvalue weighted by molar-refractivity contribution is 7.89. The summed E-state index contributed by atoms with van der Waals surface area (Å²) in [4.78, 5) is 0.141. The highest BCUT2D eigenvalue weighted by Gasteiger charge is 2.26. The highest BCUT2D eigenvalue weighted by Crippen LogP contribution is 2.25. The molecular weight excluding hydrogens is 280 g/mol. The molecule has 0 amide bonds. The van der Waals surface area contributed by atoms with Crippen LogP contribution in [0, 0.1) is 5.92 Å². The Hall–Kier alpha value is -1.31. The number of nitrogens with two attached hydrogens (primary N) is 1. The number of benzene rings is 1. The molecule has 20 heavy (non-hydrogen) atoms. The van der Waals surface area contributed by atoms with E-state index in [9.17, 15) is 8.42 Å². The molecular formula is C13H20N2O4S. The first-order valence-electron chi connectivity index (χ1n) is 6.49. The van der Waals surface area contributed by atoms with Crippen molar-refractivity contribution in [3.63, 3.8) is 0 Å². The molecule has 1 aromatic rings. The third kappa shape index (κ3) is 3.23. The van der Waals surface area contributed by atoms with Gasteiger partial charge in [0, 0.05) is 19.1 Å². The van der Waals surface area contributed by atoms with Gasteiger partial charge in [0.2, 0.25) is 10.0 Å². The van der Waals surface area contributed by atoms with E-state index < -0.39 is 10.0 Å². The molecule has 0 spiro atoms. The van der Waals surface area contributed by atoms with Gasteiger partial charge in [-0.2, -0.15) is 0 Å². The molecule has 6 nitrogen and oxygen atoms in total. The molecule has 1 heterocycles. The van der Waals surface area contributed by atoms with Gasteiger partial charge in [0.25, 0.3) is 0 Å². The molecule has 0 radical (unpaired) electrons. The molecule has 112 valence electrons. The second-order valence-corrected chi connectivity index (χ2v) is 6.65. The van der Waals surface area contributed by atoms with Crippen molar-refractivity contribution >= 4 is 15.7 Å². The average molecular weight is 300 g/mol. The largest absolute Gasteiger partial charge is 0.495 e. The van der Waals surface area contributed by atoms with Gasteiger partial charge in [-0.15, -0.1) is 0 Å². The van der Waals surface area contributed by atoms with E-state index >= 15 is 0 Å². The van der Waals surface area contributed by atoms with Gasteiger partial charge in [0.15, 0.2) is 0 Å². The van der Waals surface area contributed by atoms with Gasteiger partial charge < -0.3 is 15.2 Å². The molecule has 0 aromatic heterocycles. The molecule has 2 unspecified atom stereocenters. The van der Waals surface area contributed by atoms with E-state index in [0.717, 1.165) is 6.42 Å². The van der Waals surface area contributed by atoms with E-state index in [4.69, 9.17) is 15.2 Å². The second-order valence-electron chi connectivity index (χ2n) is 4.88. The van der Waals surface area contributed by atoms with Crippen LogP contribution in [0.5, 0.6) is 5.75 Å². The molecule has 0 aliphatic carbocycles. The van der Waals surface area contributed by atoms with E-state index in [1.165, 1.54) is 19.2 Å². The first kappa shape index (κ1) is 15.1. The SMILES string of the molecule is COc1ccc(S(=O)(=O)NCC2CCOC2C)cc1N. The van der Waals surface area contributed by atoms with Crippen LogP contribution in [0.25, 0.3) is 0 Å². The molecule has 2 rings (SSSR count). The predicted octanol–water partition coefficient (Wildman–Crippen LogP) is 0.981. The van der Waals surface area contributed by atoms with Crippen LogP contribution in [0.1, 0.15) is 13.3 Å². The Kier molecular flexibility index (Phi) is 4.52. The third-order valence-electron chi connectivity index (χ3n) is 3.58. The van der Waals surface area contributed by atoms with Gasteiger partial charge in [-0.3, -0.25) is 0 Å². The zero-order valence-electron chi connectivity index (χ0n) is 11.6. The summed E-state index contributed by atoms with van der Waals surface area (Å²) in [6.45, 7) is 3.01. The van der Waals surface area contributed by atoms with E-state index in [1.807, 2.05) is 6.92 Å². The molecule has 1 aromatic carbocycles. The van der Waals surface area contributed by atoms with Crippen LogP contribution in [-0.2, 0) is 14.8 Å². The van der Waals surface area contributed by atoms with Crippen molar-refractivity contribution in [2.24, 2.45) is 5.92 Å². The molecule has 0 saturated carbocycles. The van der Waals surface area contributed by atoms with Crippen molar-refractivity contribution in [1.29, 1.82) is 0 Å². The quantitative estimate of drug-likeness (QED) is 0.791. The van der Waals surface area contributed by atoms with Crippen LogP contribution in [0.4, 0.5) is 5.69 Å².